The lowest BCUT2D eigenvalue weighted by Gasteiger charge is -2.18. The van der Waals surface area contributed by atoms with Gasteiger partial charge in [0.2, 0.25) is 0 Å². The van der Waals surface area contributed by atoms with Crippen molar-refractivity contribution < 1.29 is 17.9 Å². The Balaban J connectivity index is 1.79. The van der Waals surface area contributed by atoms with Crippen LogP contribution < -0.4 is 5.56 Å². The molecule has 2 heterocycles. The fourth-order valence-electron chi connectivity index (χ4n) is 3.00. The zero-order chi connectivity index (χ0) is 19.6. The number of aromatic nitrogens is 2. The molecule has 9 heteroatoms. The van der Waals surface area contributed by atoms with Crippen LogP contribution in [-0.4, -0.2) is 47.3 Å². The molecule has 1 fully saturated rings. The Hall–Kier alpha value is -1.87. The van der Waals surface area contributed by atoms with E-state index >= 15 is 0 Å². The number of benzene rings is 1. The van der Waals surface area contributed by atoms with Gasteiger partial charge >= 0.3 is 5.97 Å². The molecule has 2 aromatic rings. The van der Waals surface area contributed by atoms with E-state index in [1.807, 2.05) is 19.9 Å². The fourth-order valence-corrected chi connectivity index (χ4v) is 5.47. The van der Waals surface area contributed by atoms with Crippen LogP contribution in [0.5, 0.6) is 0 Å². The van der Waals surface area contributed by atoms with Gasteiger partial charge in [0.1, 0.15) is 6.10 Å². The van der Waals surface area contributed by atoms with E-state index < -0.39 is 21.9 Å². The first kappa shape index (κ1) is 19.9. The van der Waals surface area contributed by atoms with Crippen LogP contribution in [-0.2, 0) is 19.4 Å². The van der Waals surface area contributed by atoms with E-state index in [1.54, 1.807) is 22.8 Å². The molecule has 0 aliphatic carbocycles. The van der Waals surface area contributed by atoms with Gasteiger partial charge in [-0.3, -0.25) is 14.2 Å². The van der Waals surface area contributed by atoms with Crippen molar-refractivity contribution in [1.29, 1.82) is 0 Å². The van der Waals surface area contributed by atoms with Crippen molar-refractivity contribution in [2.45, 2.75) is 44.0 Å². The Labute approximate surface area is 162 Å². The molecule has 1 aromatic heterocycles. The molecule has 1 aliphatic rings. The van der Waals surface area contributed by atoms with Crippen molar-refractivity contribution in [3.05, 3.63) is 34.6 Å². The highest BCUT2D eigenvalue weighted by Gasteiger charge is 2.30. The monoisotopic (exact) mass is 410 g/mol. The number of nitrogens with zero attached hydrogens (tertiary/aromatic N) is 2. The number of hydrogen-bond donors (Lipinski definition) is 0. The van der Waals surface area contributed by atoms with Gasteiger partial charge in [0.15, 0.2) is 15.0 Å². The minimum Gasteiger partial charge on any atom is -0.461 e. The minimum atomic E-state index is -3.10. The lowest BCUT2D eigenvalue weighted by molar-refractivity contribution is -0.144. The van der Waals surface area contributed by atoms with E-state index in [4.69, 9.17) is 4.74 Å². The summed E-state index contributed by atoms with van der Waals surface area (Å²) in [7, 11) is -3.10. The number of para-hydroxylation sites is 1. The molecule has 0 spiro atoms. The maximum Gasteiger partial charge on any atom is 0.316 e. The fraction of sp³-hybridized carbons (Fsp3) is 0.500. The largest absolute Gasteiger partial charge is 0.461 e. The van der Waals surface area contributed by atoms with E-state index in [0.29, 0.717) is 22.5 Å². The lowest BCUT2D eigenvalue weighted by atomic mass is 10.2. The zero-order valence-corrected chi connectivity index (χ0v) is 16.9. The number of carbonyl (C=O) groups is 1. The van der Waals surface area contributed by atoms with Crippen molar-refractivity contribution in [3.8, 4) is 0 Å². The first-order valence-electron chi connectivity index (χ1n) is 8.84. The lowest BCUT2D eigenvalue weighted by Crippen LogP contribution is -2.27. The number of ether oxygens (including phenoxy) is 1. The summed E-state index contributed by atoms with van der Waals surface area (Å²) >= 11 is 1.14. The summed E-state index contributed by atoms with van der Waals surface area (Å²) in [6, 6.07) is 7.06. The molecule has 0 bridgehead atoms. The average molecular weight is 411 g/mol. The van der Waals surface area contributed by atoms with Gasteiger partial charge in [-0.25, -0.2) is 13.4 Å². The molecule has 27 heavy (non-hydrogen) atoms. The van der Waals surface area contributed by atoms with Gasteiger partial charge in [-0.1, -0.05) is 30.8 Å². The zero-order valence-electron chi connectivity index (χ0n) is 15.3. The van der Waals surface area contributed by atoms with Gasteiger partial charge in [-0.15, -0.1) is 0 Å². The molecule has 2 atom stereocenters. The first-order valence-corrected chi connectivity index (χ1v) is 11.7. The predicted octanol–water partition coefficient (Wildman–Crippen LogP) is 2.19. The van der Waals surface area contributed by atoms with Crippen LogP contribution in [0.4, 0.5) is 0 Å². The van der Waals surface area contributed by atoms with Gasteiger partial charge in [-0.05, 0) is 31.9 Å². The summed E-state index contributed by atoms with van der Waals surface area (Å²) in [6.07, 6.45) is 0.506. The smallest absolute Gasteiger partial charge is 0.316 e. The molecule has 0 N–H and O–H groups in total. The van der Waals surface area contributed by atoms with Crippen molar-refractivity contribution in [2.24, 2.45) is 0 Å². The number of esters is 1. The number of sulfone groups is 1. The molecule has 1 saturated heterocycles. The molecular formula is C18H22N2O5S2. The summed E-state index contributed by atoms with van der Waals surface area (Å²) in [5.41, 5.74) is 0.451. The average Bonchev–Trinajstić information content (AvgIpc) is 2.98. The summed E-state index contributed by atoms with van der Waals surface area (Å²) in [5.74, 6) is -0.592. The Morgan fingerprint density at radius 2 is 2.15 bits per heavy atom. The number of fused-ring (bicyclic) bond motifs is 1. The van der Waals surface area contributed by atoms with E-state index in [9.17, 15) is 18.0 Å². The molecule has 1 aliphatic heterocycles. The molecule has 0 unspecified atom stereocenters. The van der Waals surface area contributed by atoms with Gasteiger partial charge in [0, 0.05) is 6.04 Å². The maximum absolute atomic E-state index is 12.9. The summed E-state index contributed by atoms with van der Waals surface area (Å²) in [4.78, 5) is 29.6. The van der Waals surface area contributed by atoms with Crippen molar-refractivity contribution in [1.82, 2.24) is 9.55 Å². The summed E-state index contributed by atoms with van der Waals surface area (Å²) < 4.78 is 29.8. The van der Waals surface area contributed by atoms with Crippen molar-refractivity contribution >= 4 is 38.5 Å². The van der Waals surface area contributed by atoms with Gasteiger partial charge in [-0.2, -0.15) is 0 Å². The number of carbonyl (C=O) groups excluding carboxylic acids is 1. The van der Waals surface area contributed by atoms with E-state index in [0.717, 1.165) is 18.2 Å². The van der Waals surface area contributed by atoms with Crippen molar-refractivity contribution in [3.63, 3.8) is 0 Å². The van der Waals surface area contributed by atoms with Crippen LogP contribution in [0.15, 0.2) is 34.2 Å². The van der Waals surface area contributed by atoms with Crippen LogP contribution in [0, 0.1) is 0 Å². The molecule has 7 nitrogen and oxygen atoms in total. The normalized spacial score (nSPS) is 19.9. The number of hydrogen-bond acceptors (Lipinski definition) is 7. The highest BCUT2D eigenvalue weighted by atomic mass is 32.2. The second-order valence-electron chi connectivity index (χ2n) is 6.65. The third-order valence-corrected chi connectivity index (χ3v) is 7.28. The number of rotatable bonds is 6. The summed E-state index contributed by atoms with van der Waals surface area (Å²) in [5, 5.41) is 1.00. The van der Waals surface area contributed by atoms with Crippen LogP contribution in [0.2, 0.25) is 0 Å². The molecule has 146 valence electrons. The quantitative estimate of drug-likeness (QED) is 0.409. The van der Waals surface area contributed by atoms with Crippen LogP contribution >= 0.6 is 11.8 Å². The predicted molar refractivity (Wildman–Crippen MR) is 105 cm³/mol. The molecule has 0 radical (unpaired) electrons. The third kappa shape index (κ3) is 4.52. The minimum absolute atomic E-state index is 0.0300. The Kier molecular flexibility index (Phi) is 5.90. The molecule has 0 saturated carbocycles. The topological polar surface area (TPSA) is 95.3 Å². The Morgan fingerprint density at radius 1 is 1.41 bits per heavy atom. The molecular weight excluding hydrogens is 388 g/mol. The number of thioether (sulfide) groups is 1. The van der Waals surface area contributed by atoms with Crippen molar-refractivity contribution in [2.75, 3.05) is 17.3 Å². The standard InChI is InChI=1S/C18H22N2O5S2/c1-3-12(2)20-17(22)14-6-4-5-7-15(14)19-18(20)26-10-16(21)25-13-8-9-27(23,24)11-13/h4-7,12-13H,3,8-11H2,1-2H3/t12-,13-/m1/s1. The summed E-state index contributed by atoms with van der Waals surface area (Å²) in [6.45, 7) is 3.92. The Morgan fingerprint density at radius 3 is 2.81 bits per heavy atom. The molecule has 3 rings (SSSR count). The SMILES string of the molecule is CC[C@@H](C)n1c(SCC(=O)O[C@@H]2CCS(=O)(=O)C2)nc2ccccc2c1=O. The Bertz CT molecular complexity index is 1020. The maximum atomic E-state index is 12.9. The van der Waals surface area contributed by atoms with E-state index in [2.05, 4.69) is 4.98 Å². The van der Waals surface area contributed by atoms with Crippen LogP contribution in [0.1, 0.15) is 32.7 Å². The highest BCUT2D eigenvalue weighted by Crippen LogP contribution is 2.23. The molecule has 0 amide bonds. The van der Waals surface area contributed by atoms with E-state index in [-0.39, 0.29) is 28.9 Å². The highest BCUT2D eigenvalue weighted by molar-refractivity contribution is 7.99. The third-order valence-electron chi connectivity index (χ3n) is 4.61. The first-order chi connectivity index (χ1) is 12.8. The van der Waals surface area contributed by atoms with Crippen LogP contribution in [0.25, 0.3) is 10.9 Å². The van der Waals surface area contributed by atoms with Gasteiger partial charge < -0.3 is 4.74 Å². The van der Waals surface area contributed by atoms with Gasteiger partial charge in [0.05, 0.1) is 28.2 Å². The van der Waals surface area contributed by atoms with Gasteiger partial charge in [0.25, 0.3) is 5.56 Å². The second-order valence-corrected chi connectivity index (χ2v) is 9.82. The van der Waals surface area contributed by atoms with E-state index in [1.165, 1.54) is 0 Å². The van der Waals surface area contributed by atoms with Crippen LogP contribution in [0.3, 0.4) is 0 Å². The second kappa shape index (κ2) is 8.02. The molecule has 1 aromatic carbocycles.